The molecule has 1 atom stereocenters. The third-order valence-corrected chi connectivity index (χ3v) is 4.90. The molecular weight excluding hydrogens is 332 g/mol. The monoisotopic (exact) mass is 348 g/mol. The summed E-state index contributed by atoms with van der Waals surface area (Å²) in [7, 11) is 1.69. The van der Waals surface area contributed by atoms with E-state index in [0.29, 0.717) is 10.7 Å². The maximum absolute atomic E-state index is 5.20. The predicted molar refractivity (Wildman–Crippen MR) is 76.4 cm³/mol. The van der Waals surface area contributed by atoms with Crippen LogP contribution in [0.4, 0.5) is 0 Å². The van der Waals surface area contributed by atoms with Crippen molar-refractivity contribution in [3.8, 4) is 5.75 Å². The van der Waals surface area contributed by atoms with Crippen molar-refractivity contribution >= 4 is 31.9 Å². The molecule has 0 saturated heterocycles. The van der Waals surface area contributed by atoms with Gasteiger partial charge in [-0.1, -0.05) is 64.6 Å². The molecule has 0 radical (unpaired) electrons. The highest BCUT2D eigenvalue weighted by Crippen LogP contribution is 2.39. The Morgan fingerprint density at radius 3 is 2.31 bits per heavy atom. The second-order valence-corrected chi connectivity index (χ2v) is 5.71. The van der Waals surface area contributed by atoms with Crippen LogP contribution >= 0.6 is 31.9 Å². The van der Waals surface area contributed by atoms with Crippen molar-refractivity contribution in [3.63, 3.8) is 0 Å². The van der Waals surface area contributed by atoms with Gasteiger partial charge in [0.1, 0.15) is 5.75 Å². The molecule has 1 aromatic rings. The number of ether oxygens (including phenoxy) is 1. The summed E-state index contributed by atoms with van der Waals surface area (Å²) in [6.45, 7) is 4.47. The molecule has 1 unspecified atom stereocenters. The van der Waals surface area contributed by atoms with Gasteiger partial charge in [-0.05, 0) is 23.6 Å². The van der Waals surface area contributed by atoms with E-state index in [1.54, 1.807) is 7.11 Å². The standard InChI is InChI=1S/C13H18Br2O/c1-4-9(5-2)13(15)11-7-6-10(16-3)8-12(11)14/h6-9,13H,4-5H2,1-3H3. The molecule has 3 heteroatoms. The Bertz CT molecular complexity index is 335. The van der Waals surface area contributed by atoms with E-state index in [-0.39, 0.29) is 0 Å². The van der Waals surface area contributed by atoms with E-state index >= 15 is 0 Å². The molecule has 0 aliphatic carbocycles. The topological polar surface area (TPSA) is 9.23 Å². The Morgan fingerprint density at radius 2 is 1.88 bits per heavy atom. The SMILES string of the molecule is CCC(CC)C(Br)c1ccc(OC)cc1Br. The van der Waals surface area contributed by atoms with Gasteiger partial charge in [0.25, 0.3) is 0 Å². The lowest BCUT2D eigenvalue weighted by Gasteiger charge is -2.21. The van der Waals surface area contributed by atoms with E-state index < -0.39 is 0 Å². The van der Waals surface area contributed by atoms with Crippen molar-refractivity contribution in [2.45, 2.75) is 31.5 Å². The quantitative estimate of drug-likeness (QED) is 0.653. The summed E-state index contributed by atoms with van der Waals surface area (Å²) in [5.41, 5.74) is 1.30. The van der Waals surface area contributed by atoms with Gasteiger partial charge in [-0.15, -0.1) is 0 Å². The van der Waals surface area contributed by atoms with Crippen molar-refractivity contribution in [2.75, 3.05) is 7.11 Å². The van der Waals surface area contributed by atoms with Gasteiger partial charge in [-0.2, -0.15) is 0 Å². The average Bonchev–Trinajstić information content (AvgIpc) is 2.30. The second kappa shape index (κ2) is 6.65. The largest absolute Gasteiger partial charge is 0.497 e. The first-order chi connectivity index (χ1) is 7.63. The smallest absolute Gasteiger partial charge is 0.120 e. The van der Waals surface area contributed by atoms with Crippen LogP contribution in [0.2, 0.25) is 0 Å². The summed E-state index contributed by atoms with van der Waals surface area (Å²) >= 11 is 7.40. The fraction of sp³-hybridized carbons (Fsp3) is 0.538. The normalized spacial score (nSPS) is 12.9. The first-order valence-corrected chi connectivity index (χ1v) is 7.32. The number of alkyl halides is 1. The summed E-state index contributed by atoms with van der Waals surface area (Å²) in [6.07, 6.45) is 2.37. The maximum Gasteiger partial charge on any atom is 0.120 e. The van der Waals surface area contributed by atoms with Crippen molar-refractivity contribution in [1.82, 2.24) is 0 Å². The molecule has 90 valence electrons. The van der Waals surface area contributed by atoms with E-state index in [1.807, 2.05) is 12.1 Å². The van der Waals surface area contributed by atoms with Gasteiger partial charge in [0.2, 0.25) is 0 Å². The Labute approximate surface area is 115 Å². The molecule has 16 heavy (non-hydrogen) atoms. The zero-order valence-corrected chi connectivity index (χ0v) is 13.1. The minimum atomic E-state index is 0.405. The first kappa shape index (κ1) is 14.0. The fourth-order valence-corrected chi connectivity index (χ4v) is 3.87. The Hall–Kier alpha value is -0.0200. The molecule has 0 spiro atoms. The lowest BCUT2D eigenvalue weighted by Crippen LogP contribution is -2.06. The van der Waals surface area contributed by atoms with Crippen LogP contribution in [0, 0.1) is 5.92 Å². The van der Waals surface area contributed by atoms with Crippen molar-refractivity contribution in [1.29, 1.82) is 0 Å². The summed E-state index contributed by atoms with van der Waals surface area (Å²) in [4.78, 5) is 0.405. The third-order valence-electron chi connectivity index (χ3n) is 2.97. The molecule has 0 fully saturated rings. The number of benzene rings is 1. The molecule has 1 nitrogen and oxygen atoms in total. The maximum atomic E-state index is 5.20. The summed E-state index contributed by atoms with van der Waals surface area (Å²) in [6, 6.07) is 6.16. The third kappa shape index (κ3) is 3.24. The van der Waals surface area contributed by atoms with Gasteiger partial charge in [0, 0.05) is 9.30 Å². The molecule has 0 saturated carbocycles. The van der Waals surface area contributed by atoms with Gasteiger partial charge in [0.15, 0.2) is 0 Å². The van der Waals surface area contributed by atoms with Gasteiger partial charge >= 0.3 is 0 Å². The molecule has 0 amide bonds. The van der Waals surface area contributed by atoms with Crippen LogP contribution in [0.25, 0.3) is 0 Å². The molecule has 1 aromatic carbocycles. The zero-order chi connectivity index (χ0) is 12.1. The van der Waals surface area contributed by atoms with Crippen LogP contribution in [-0.4, -0.2) is 7.11 Å². The fourth-order valence-electron chi connectivity index (χ4n) is 1.81. The van der Waals surface area contributed by atoms with Gasteiger partial charge in [0.05, 0.1) is 7.11 Å². The molecular formula is C13H18Br2O. The van der Waals surface area contributed by atoms with E-state index in [1.165, 1.54) is 18.4 Å². The van der Waals surface area contributed by atoms with Crippen LogP contribution in [0.1, 0.15) is 37.1 Å². The number of methoxy groups -OCH3 is 1. The Morgan fingerprint density at radius 1 is 1.25 bits per heavy atom. The lowest BCUT2D eigenvalue weighted by molar-refractivity contribution is 0.414. The lowest BCUT2D eigenvalue weighted by atomic mass is 9.94. The van der Waals surface area contributed by atoms with Crippen LogP contribution in [-0.2, 0) is 0 Å². The van der Waals surface area contributed by atoms with Crippen LogP contribution in [0.3, 0.4) is 0 Å². The first-order valence-electron chi connectivity index (χ1n) is 5.61. The molecule has 0 aliphatic rings. The summed E-state index contributed by atoms with van der Waals surface area (Å²) in [5.74, 6) is 1.56. The number of hydrogen-bond donors (Lipinski definition) is 0. The molecule has 1 rings (SSSR count). The number of rotatable bonds is 5. The Kier molecular flexibility index (Phi) is 5.84. The van der Waals surface area contributed by atoms with Crippen molar-refractivity contribution in [2.24, 2.45) is 5.92 Å². The van der Waals surface area contributed by atoms with Gasteiger partial charge in [-0.25, -0.2) is 0 Å². The van der Waals surface area contributed by atoms with E-state index in [0.717, 1.165) is 10.2 Å². The minimum Gasteiger partial charge on any atom is -0.497 e. The van der Waals surface area contributed by atoms with Crippen LogP contribution in [0.5, 0.6) is 5.75 Å². The molecule has 0 aliphatic heterocycles. The highest BCUT2D eigenvalue weighted by Gasteiger charge is 2.19. The highest BCUT2D eigenvalue weighted by atomic mass is 79.9. The van der Waals surface area contributed by atoms with E-state index in [4.69, 9.17) is 4.74 Å². The van der Waals surface area contributed by atoms with Crippen LogP contribution in [0.15, 0.2) is 22.7 Å². The van der Waals surface area contributed by atoms with E-state index in [2.05, 4.69) is 51.8 Å². The van der Waals surface area contributed by atoms with Crippen molar-refractivity contribution < 1.29 is 4.74 Å². The van der Waals surface area contributed by atoms with Crippen LogP contribution < -0.4 is 4.74 Å². The zero-order valence-electron chi connectivity index (χ0n) is 9.97. The van der Waals surface area contributed by atoms with E-state index in [9.17, 15) is 0 Å². The molecule has 0 aromatic heterocycles. The Balaban J connectivity index is 2.95. The number of halogens is 2. The minimum absolute atomic E-state index is 0.405. The second-order valence-electron chi connectivity index (χ2n) is 3.87. The summed E-state index contributed by atoms with van der Waals surface area (Å²) in [5, 5.41) is 0. The average molecular weight is 350 g/mol. The number of hydrogen-bond acceptors (Lipinski definition) is 1. The molecule has 0 bridgehead atoms. The predicted octanol–water partition coefficient (Wildman–Crippen LogP) is 5.33. The molecule has 0 heterocycles. The van der Waals surface area contributed by atoms with Crippen molar-refractivity contribution in [3.05, 3.63) is 28.2 Å². The molecule has 0 N–H and O–H groups in total. The highest BCUT2D eigenvalue weighted by molar-refractivity contribution is 9.11. The summed E-state index contributed by atoms with van der Waals surface area (Å²) < 4.78 is 6.31. The van der Waals surface area contributed by atoms with Gasteiger partial charge in [-0.3, -0.25) is 0 Å². The van der Waals surface area contributed by atoms with Gasteiger partial charge < -0.3 is 4.74 Å².